The number of aliphatic carboxylic acids is 1. The molecule has 1 aromatic rings. The monoisotopic (exact) mass is 280 g/mol. The number of aromatic nitrogens is 1. The molecular formula is C15H21FN2O2. The van der Waals surface area contributed by atoms with Crippen LogP contribution in [0.5, 0.6) is 0 Å². The van der Waals surface area contributed by atoms with E-state index in [0.29, 0.717) is 19.3 Å². The van der Waals surface area contributed by atoms with E-state index in [1.807, 2.05) is 13.8 Å². The standard InChI is InChI=1S/C15H21FN2O2/c1-3-15(14(19)20)4-6-18(7-5-15)11(2)12-8-13(16)10-17-9-12/h8-11H,3-7H2,1-2H3,(H,19,20). The minimum Gasteiger partial charge on any atom is -0.481 e. The topological polar surface area (TPSA) is 53.4 Å². The first-order chi connectivity index (χ1) is 9.48. The second-order valence-electron chi connectivity index (χ2n) is 5.59. The molecule has 4 nitrogen and oxygen atoms in total. The molecule has 20 heavy (non-hydrogen) atoms. The molecule has 5 heteroatoms. The zero-order valence-corrected chi connectivity index (χ0v) is 12.0. The first-order valence-electron chi connectivity index (χ1n) is 7.06. The summed E-state index contributed by atoms with van der Waals surface area (Å²) in [5, 5.41) is 9.39. The van der Waals surface area contributed by atoms with E-state index in [0.717, 1.165) is 18.7 Å². The number of carbonyl (C=O) groups is 1. The predicted molar refractivity (Wildman–Crippen MR) is 73.8 cm³/mol. The van der Waals surface area contributed by atoms with Crippen LogP contribution in [-0.2, 0) is 4.79 Å². The van der Waals surface area contributed by atoms with Gasteiger partial charge in [0.15, 0.2) is 0 Å². The molecule has 110 valence electrons. The molecule has 1 atom stereocenters. The van der Waals surface area contributed by atoms with Gasteiger partial charge in [-0.15, -0.1) is 0 Å². The Hall–Kier alpha value is -1.49. The van der Waals surface area contributed by atoms with Gasteiger partial charge in [-0.2, -0.15) is 0 Å². The van der Waals surface area contributed by atoms with Gasteiger partial charge in [0.05, 0.1) is 11.6 Å². The molecule has 0 amide bonds. The average molecular weight is 280 g/mol. The molecule has 1 aliphatic heterocycles. The molecule has 1 unspecified atom stereocenters. The largest absolute Gasteiger partial charge is 0.481 e. The lowest BCUT2D eigenvalue weighted by atomic mass is 9.76. The smallest absolute Gasteiger partial charge is 0.309 e. The average Bonchev–Trinajstić information content (AvgIpc) is 2.46. The first-order valence-corrected chi connectivity index (χ1v) is 7.06. The number of carboxylic acid groups (broad SMARTS) is 1. The fraction of sp³-hybridized carbons (Fsp3) is 0.600. The number of carboxylic acids is 1. The molecule has 1 N–H and O–H groups in total. The summed E-state index contributed by atoms with van der Waals surface area (Å²) < 4.78 is 13.2. The molecule has 0 bridgehead atoms. The van der Waals surface area contributed by atoms with E-state index < -0.39 is 11.4 Å². The number of nitrogens with zero attached hydrogens (tertiary/aromatic N) is 2. The number of hydrogen-bond acceptors (Lipinski definition) is 3. The third kappa shape index (κ3) is 2.82. The van der Waals surface area contributed by atoms with Gasteiger partial charge in [-0.1, -0.05) is 6.92 Å². The van der Waals surface area contributed by atoms with Crippen molar-refractivity contribution in [3.05, 3.63) is 29.8 Å². The van der Waals surface area contributed by atoms with Crippen molar-refractivity contribution in [2.24, 2.45) is 5.41 Å². The number of rotatable bonds is 4. The molecule has 0 saturated carbocycles. The molecule has 1 aromatic heterocycles. The van der Waals surface area contributed by atoms with E-state index in [1.54, 1.807) is 6.20 Å². The second kappa shape index (κ2) is 5.87. The maximum Gasteiger partial charge on any atom is 0.309 e. The Kier molecular flexibility index (Phi) is 4.38. The van der Waals surface area contributed by atoms with Gasteiger partial charge in [-0.3, -0.25) is 14.7 Å². The third-order valence-corrected chi connectivity index (χ3v) is 4.64. The highest BCUT2D eigenvalue weighted by atomic mass is 19.1. The van der Waals surface area contributed by atoms with Crippen molar-refractivity contribution in [2.75, 3.05) is 13.1 Å². The van der Waals surface area contributed by atoms with Gasteiger partial charge in [-0.05, 0) is 50.9 Å². The van der Waals surface area contributed by atoms with E-state index in [9.17, 15) is 14.3 Å². The van der Waals surface area contributed by atoms with Gasteiger partial charge in [0.25, 0.3) is 0 Å². The fourth-order valence-electron chi connectivity index (χ4n) is 2.93. The summed E-state index contributed by atoms with van der Waals surface area (Å²) >= 11 is 0. The number of pyridine rings is 1. The van der Waals surface area contributed by atoms with Gasteiger partial charge in [0.2, 0.25) is 0 Å². The predicted octanol–water partition coefficient (Wildman–Crippen LogP) is 2.86. The van der Waals surface area contributed by atoms with E-state index in [4.69, 9.17) is 0 Å². The number of halogens is 1. The number of hydrogen-bond donors (Lipinski definition) is 1. The van der Waals surface area contributed by atoms with Crippen LogP contribution >= 0.6 is 0 Å². The third-order valence-electron chi connectivity index (χ3n) is 4.64. The fourth-order valence-corrected chi connectivity index (χ4v) is 2.93. The highest BCUT2D eigenvalue weighted by Gasteiger charge is 2.40. The van der Waals surface area contributed by atoms with Crippen molar-refractivity contribution in [3.63, 3.8) is 0 Å². The Bertz CT molecular complexity index is 485. The quantitative estimate of drug-likeness (QED) is 0.921. The van der Waals surface area contributed by atoms with Crippen LogP contribution < -0.4 is 0 Å². The van der Waals surface area contributed by atoms with Crippen molar-refractivity contribution in [3.8, 4) is 0 Å². The van der Waals surface area contributed by atoms with Gasteiger partial charge in [0.1, 0.15) is 5.82 Å². The van der Waals surface area contributed by atoms with Crippen LogP contribution in [-0.4, -0.2) is 34.0 Å². The maximum atomic E-state index is 13.2. The van der Waals surface area contributed by atoms with Crippen molar-refractivity contribution in [2.45, 2.75) is 39.2 Å². The molecule has 1 saturated heterocycles. The normalized spacial score (nSPS) is 20.6. The van der Waals surface area contributed by atoms with Gasteiger partial charge in [-0.25, -0.2) is 4.39 Å². The summed E-state index contributed by atoms with van der Waals surface area (Å²) in [5.74, 6) is -1.03. The summed E-state index contributed by atoms with van der Waals surface area (Å²) in [6.07, 6.45) is 4.81. The van der Waals surface area contributed by atoms with Crippen molar-refractivity contribution in [1.82, 2.24) is 9.88 Å². The molecule has 0 spiro atoms. The lowest BCUT2D eigenvalue weighted by Gasteiger charge is -2.41. The van der Waals surface area contributed by atoms with E-state index in [-0.39, 0.29) is 11.9 Å². The van der Waals surface area contributed by atoms with Gasteiger partial charge >= 0.3 is 5.97 Å². The molecule has 1 fully saturated rings. The Balaban J connectivity index is 2.05. The van der Waals surface area contributed by atoms with Crippen molar-refractivity contribution < 1.29 is 14.3 Å². The van der Waals surface area contributed by atoms with Crippen LogP contribution in [0.4, 0.5) is 4.39 Å². The highest BCUT2D eigenvalue weighted by Crippen LogP contribution is 2.37. The van der Waals surface area contributed by atoms with Crippen LogP contribution in [0.2, 0.25) is 0 Å². The van der Waals surface area contributed by atoms with Crippen LogP contribution in [0.15, 0.2) is 18.5 Å². The van der Waals surface area contributed by atoms with E-state index in [2.05, 4.69) is 9.88 Å². The molecule has 1 aliphatic rings. The Morgan fingerprint density at radius 2 is 2.15 bits per heavy atom. The summed E-state index contributed by atoms with van der Waals surface area (Å²) in [6, 6.07) is 1.55. The summed E-state index contributed by atoms with van der Waals surface area (Å²) in [5.41, 5.74) is 0.250. The SMILES string of the molecule is CCC1(C(=O)O)CCN(C(C)c2cncc(F)c2)CC1. The zero-order chi connectivity index (χ0) is 14.8. The molecule has 0 radical (unpaired) electrons. The summed E-state index contributed by atoms with van der Waals surface area (Å²) in [6.45, 7) is 5.38. The van der Waals surface area contributed by atoms with Crippen LogP contribution in [0.25, 0.3) is 0 Å². The van der Waals surface area contributed by atoms with Gasteiger partial charge in [0, 0.05) is 12.2 Å². The minimum atomic E-state index is -0.695. The lowest BCUT2D eigenvalue weighted by Crippen LogP contribution is -2.44. The lowest BCUT2D eigenvalue weighted by molar-refractivity contribution is -0.152. The van der Waals surface area contributed by atoms with Crippen LogP contribution in [0, 0.1) is 11.2 Å². The number of likely N-dealkylation sites (tertiary alicyclic amines) is 1. The van der Waals surface area contributed by atoms with Crippen LogP contribution in [0.1, 0.15) is 44.7 Å². The zero-order valence-electron chi connectivity index (χ0n) is 12.0. The summed E-state index contributed by atoms with van der Waals surface area (Å²) in [7, 11) is 0. The Morgan fingerprint density at radius 3 is 2.65 bits per heavy atom. The van der Waals surface area contributed by atoms with Gasteiger partial charge < -0.3 is 5.11 Å². The molecule has 0 aliphatic carbocycles. The Labute approximate surface area is 118 Å². The second-order valence-corrected chi connectivity index (χ2v) is 5.59. The maximum absolute atomic E-state index is 13.2. The first kappa shape index (κ1) is 14.9. The van der Waals surface area contributed by atoms with Crippen LogP contribution in [0.3, 0.4) is 0 Å². The molecule has 0 aromatic carbocycles. The minimum absolute atomic E-state index is 0.0573. The van der Waals surface area contributed by atoms with Crippen molar-refractivity contribution in [1.29, 1.82) is 0 Å². The van der Waals surface area contributed by atoms with E-state index in [1.165, 1.54) is 12.3 Å². The number of piperidine rings is 1. The van der Waals surface area contributed by atoms with E-state index >= 15 is 0 Å². The molecule has 2 heterocycles. The Morgan fingerprint density at radius 1 is 1.50 bits per heavy atom. The summed E-state index contributed by atoms with van der Waals surface area (Å²) in [4.78, 5) is 17.5. The highest BCUT2D eigenvalue weighted by molar-refractivity contribution is 5.74. The molecular weight excluding hydrogens is 259 g/mol. The molecule has 2 rings (SSSR count). The van der Waals surface area contributed by atoms with Crippen molar-refractivity contribution >= 4 is 5.97 Å².